The van der Waals surface area contributed by atoms with E-state index in [1.807, 2.05) is 0 Å². The lowest BCUT2D eigenvalue weighted by molar-refractivity contribution is 0.0913. The summed E-state index contributed by atoms with van der Waals surface area (Å²) in [7, 11) is 4.50. The molecule has 0 amide bonds. The van der Waals surface area contributed by atoms with Crippen LogP contribution < -0.4 is 0 Å². The second kappa shape index (κ2) is 5.99. The predicted molar refractivity (Wildman–Crippen MR) is 68.8 cm³/mol. The summed E-state index contributed by atoms with van der Waals surface area (Å²) in [5.41, 5.74) is 0. The van der Waals surface area contributed by atoms with Crippen LogP contribution in [0.25, 0.3) is 0 Å². The SMILES string of the molecule is CN1CCCC(N2CCN(C)CC2)CCC1. The van der Waals surface area contributed by atoms with E-state index < -0.39 is 0 Å². The number of nitrogens with zero attached hydrogens (tertiary/aromatic N) is 3. The molecule has 0 atom stereocenters. The molecule has 2 rings (SSSR count). The van der Waals surface area contributed by atoms with E-state index in [9.17, 15) is 0 Å². The Morgan fingerprint density at radius 1 is 0.688 bits per heavy atom. The average Bonchev–Trinajstić information content (AvgIpc) is 2.25. The molecule has 3 nitrogen and oxygen atoms in total. The molecule has 2 saturated heterocycles. The van der Waals surface area contributed by atoms with Crippen LogP contribution in [0, 0.1) is 0 Å². The molecule has 3 heteroatoms. The van der Waals surface area contributed by atoms with Crippen molar-refractivity contribution in [2.45, 2.75) is 31.7 Å². The minimum atomic E-state index is 0.877. The van der Waals surface area contributed by atoms with Gasteiger partial charge in [-0.2, -0.15) is 0 Å². The molecular weight excluding hydrogens is 198 g/mol. The third kappa shape index (κ3) is 3.44. The molecule has 0 aromatic heterocycles. The zero-order valence-electron chi connectivity index (χ0n) is 11.0. The number of piperazine rings is 1. The lowest BCUT2D eigenvalue weighted by Crippen LogP contribution is -2.49. The van der Waals surface area contributed by atoms with Crippen molar-refractivity contribution in [3.63, 3.8) is 0 Å². The van der Waals surface area contributed by atoms with Gasteiger partial charge in [0.25, 0.3) is 0 Å². The Balaban J connectivity index is 1.79. The molecule has 16 heavy (non-hydrogen) atoms. The fourth-order valence-corrected chi connectivity index (χ4v) is 3.00. The van der Waals surface area contributed by atoms with Gasteiger partial charge in [0.1, 0.15) is 0 Å². The Kier molecular flexibility index (Phi) is 4.62. The van der Waals surface area contributed by atoms with E-state index in [2.05, 4.69) is 28.8 Å². The molecule has 0 unspecified atom stereocenters. The molecule has 2 fully saturated rings. The molecule has 2 aliphatic rings. The van der Waals surface area contributed by atoms with Gasteiger partial charge in [-0.25, -0.2) is 0 Å². The van der Waals surface area contributed by atoms with Crippen LogP contribution in [-0.2, 0) is 0 Å². The van der Waals surface area contributed by atoms with E-state index in [-0.39, 0.29) is 0 Å². The largest absolute Gasteiger partial charge is 0.306 e. The molecule has 0 aliphatic carbocycles. The summed E-state index contributed by atoms with van der Waals surface area (Å²) < 4.78 is 0. The zero-order valence-corrected chi connectivity index (χ0v) is 11.0. The van der Waals surface area contributed by atoms with Gasteiger partial charge in [0.15, 0.2) is 0 Å². The summed E-state index contributed by atoms with van der Waals surface area (Å²) in [6.45, 7) is 7.69. The number of likely N-dealkylation sites (N-methyl/N-ethyl adjacent to an activating group) is 1. The summed E-state index contributed by atoms with van der Waals surface area (Å²) in [5.74, 6) is 0. The fraction of sp³-hybridized carbons (Fsp3) is 1.00. The second-order valence-electron chi connectivity index (χ2n) is 5.58. The highest BCUT2D eigenvalue weighted by Crippen LogP contribution is 2.18. The smallest absolute Gasteiger partial charge is 0.0113 e. The van der Waals surface area contributed by atoms with Gasteiger partial charge in [0.2, 0.25) is 0 Å². The van der Waals surface area contributed by atoms with Crippen LogP contribution in [0.15, 0.2) is 0 Å². The highest BCUT2D eigenvalue weighted by atomic mass is 15.3. The van der Waals surface area contributed by atoms with E-state index in [4.69, 9.17) is 0 Å². The van der Waals surface area contributed by atoms with Gasteiger partial charge >= 0.3 is 0 Å². The topological polar surface area (TPSA) is 9.72 Å². The van der Waals surface area contributed by atoms with Crippen molar-refractivity contribution in [1.29, 1.82) is 0 Å². The summed E-state index contributed by atoms with van der Waals surface area (Å²) in [4.78, 5) is 7.68. The maximum atomic E-state index is 2.74. The Labute approximate surface area is 100 Å². The molecule has 0 aromatic carbocycles. The minimum Gasteiger partial charge on any atom is -0.306 e. The Hall–Kier alpha value is -0.120. The number of likely N-dealkylation sites (tertiary alicyclic amines) is 1. The lowest BCUT2D eigenvalue weighted by Gasteiger charge is -2.39. The first-order valence-corrected chi connectivity index (χ1v) is 6.87. The van der Waals surface area contributed by atoms with Crippen molar-refractivity contribution < 1.29 is 0 Å². The van der Waals surface area contributed by atoms with E-state index in [0.29, 0.717) is 0 Å². The van der Waals surface area contributed by atoms with Crippen LogP contribution in [0.4, 0.5) is 0 Å². The van der Waals surface area contributed by atoms with E-state index >= 15 is 0 Å². The lowest BCUT2D eigenvalue weighted by atomic mass is 10.0. The van der Waals surface area contributed by atoms with Crippen LogP contribution >= 0.6 is 0 Å². The second-order valence-corrected chi connectivity index (χ2v) is 5.58. The molecule has 0 bridgehead atoms. The standard InChI is InChI=1S/C13H27N3/c1-14-7-3-5-13(6-4-8-14)16-11-9-15(2)10-12-16/h13H,3-12H2,1-2H3. The fourth-order valence-electron chi connectivity index (χ4n) is 3.00. The van der Waals surface area contributed by atoms with Gasteiger partial charge in [-0.15, -0.1) is 0 Å². The number of rotatable bonds is 1. The minimum absolute atomic E-state index is 0.877. The molecule has 0 radical (unpaired) electrons. The molecule has 2 aliphatic heterocycles. The van der Waals surface area contributed by atoms with Crippen molar-refractivity contribution in [1.82, 2.24) is 14.7 Å². The Bertz CT molecular complexity index is 189. The number of hydrogen-bond acceptors (Lipinski definition) is 3. The summed E-state index contributed by atoms with van der Waals surface area (Å²) in [6, 6.07) is 0.877. The van der Waals surface area contributed by atoms with Gasteiger partial charge in [0, 0.05) is 32.2 Å². The van der Waals surface area contributed by atoms with E-state index in [0.717, 1.165) is 6.04 Å². The first kappa shape index (κ1) is 12.3. The van der Waals surface area contributed by atoms with Crippen molar-refractivity contribution in [3.05, 3.63) is 0 Å². The van der Waals surface area contributed by atoms with Gasteiger partial charge in [-0.05, 0) is 52.9 Å². The van der Waals surface area contributed by atoms with E-state index in [1.165, 1.54) is 65.0 Å². The molecule has 0 aromatic rings. The Morgan fingerprint density at radius 3 is 1.75 bits per heavy atom. The highest BCUT2D eigenvalue weighted by Gasteiger charge is 2.23. The van der Waals surface area contributed by atoms with Crippen LogP contribution in [0.2, 0.25) is 0 Å². The molecule has 2 heterocycles. The van der Waals surface area contributed by atoms with Gasteiger partial charge < -0.3 is 9.80 Å². The third-order valence-electron chi connectivity index (χ3n) is 4.21. The molecule has 94 valence electrons. The monoisotopic (exact) mass is 225 g/mol. The van der Waals surface area contributed by atoms with Crippen molar-refractivity contribution >= 4 is 0 Å². The van der Waals surface area contributed by atoms with Crippen molar-refractivity contribution in [3.8, 4) is 0 Å². The number of hydrogen-bond donors (Lipinski definition) is 0. The molecule has 0 N–H and O–H groups in total. The van der Waals surface area contributed by atoms with E-state index in [1.54, 1.807) is 0 Å². The van der Waals surface area contributed by atoms with Crippen LogP contribution in [0.1, 0.15) is 25.7 Å². The van der Waals surface area contributed by atoms with Gasteiger partial charge in [-0.1, -0.05) is 0 Å². The quantitative estimate of drug-likeness (QED) is 0.662. The maximum Gasteiger partial charge on any atom is 0.0113 e. The first-order valence-electron chi connectivity index (χ1n) is 6.87. The highest BCUT2D eigenvalue weighted by molar-refractivity contribution is 4.79. The van der Waals surface area contributed by atoms with Crippen LogP contribution in [0.3, 0.4) is 0 Å². The first-order chi connectivity index (χ1) is 7.75. The average molecular weight is 225 g/mol. The Morgan fingerprint density at radius 2 is 1.19 bits per heavy atom. The maximum absolute atomic E-state index is 2.74. The van der Waals surface area contributed by atoms with Crippen molar-refractivity contribution in [2.24, 2.45) is 0 Å². The van der Waals surface area contributed by atoms with Gasteiger partial charge in [0.05, 0.1) is 0 Å². The van der Waals surface area contributed by atoms with Crippen LogP contribution in [0.5, 0.6) is 0 Å². The normalized spacial score (nSPS) is 28.9. The zero-order chi connectivity index (χ0) is 11.4. The van der Waals surface area contributed by atoms with Gasteiger partial charge in [-0.3, -0.25) is 4.90 Å². The van der Waals surface area contributed by atoms with Crippen molar-refractivity contribution in [2.75, 3.05) is 53.4 Å². The molecule has 0 saturated carbocycles. The molecule has 0 spiro atoms. The summed E-state index contributed by atoms with van der Waals surface area (Å²) in [5, 5.41) is 0. The summed E-state index contributed by atoms with van der Waals surface area (Å²) in [6.07, 6.45) is 5.59. The van der Waals surface area contributed by atoms with Crippen LogP contribution in [-0.4, -0.2) is 74.1 Å². The summed E-state index contributed by atoms with van der Waals surface area (Å²) >= 11 is 0. The third-order valence-corrected chi connectivity index (χ3v) is 4.21. The predicted octanol–water partition coefficient (Wildman–Crippen LogP) is 1.11. The molecular formula is C13H27N3.